The molecule has 4 rings (SSSR count). The third-order valence-corrected chi connectivity index (χ3v) is 5.01. The van der Waals surface area contributed by atoms with Gasteiger partial charge in [-0.25, -0.2) is 4.52 Å². The van der Waals surface area contributed by atoms with E-state index in [1.165, 1.54) is 25.7 Å². The fourth-order valence-electron chi connectivity index (χ4n) is 3.74. The van der Waals surface area contributed by atoms with Crippen molar-refractivity contribution in [2.45, 2.75) is 25.7 Å². The summed E-state index contributed by atoms with van der Waals surface area (Å²) in [6.07, 6.45) is 6.95. The zero-order chi connectivity index (χ0) is 14.3. The highest BCUT2D eigenvalue weighted by Gasteiger charge is 2.37. The summed E-state index contributed by atoms with van der Waals surface area (Å²) in [5.41, 5.74) is 1.27. The fraction of sp³-hybridized carbons (Fsp3) is 0.600. The van der Waals surface area contributed by atoms with Crippen molar-refractivity contribution < 1.29 is 0 Å². The summed E-state index contributed by atoms with van der Waals surface area (Å²) in [5.74, 6) is 0.835. The van der Waals surface area contributed by atoms with Gasteiger partial charge in [-0.3, -0.25) is 0 Å². The van der Waals surface area contributed by atoms with Crippen LogP contribution >= 0.6 is 11.6 Å². The summed E-state index contributed by atoms with van der Waals surface area (Å²) in [5, 5.41) is 8.85. The van der Waals surface area contributed by atoms with Gasteiger partial charge in [0, 0.05) is 31.2 Å². The number of pyridine rings is 1. The van der Waals surface area contributed by atoms with Gasteiger partial charge in [0.2, 0.25) is 5.95 Å². The van der Waals surface area contributed by atoms with Crippen molar-refractivity contribution in [1.82, 2.24) is 19.9 Å². The van der Waals surface area contributed by atoms with Gasteiger partial charge in [0.1, 0.15) is 0 Å². The summed E-state index contributed by atoms with van der Waals surface area (Å²) in [4.78, 5) is 7.00. The molecule has 2 aromatic rings. The maximum Gasteiger partial charge on any atom is 0.245 e. The Balaban J connectivity index is 1.61. The Bertz CT molecular complexity index is 641. The van der Waals surface area contributed by atoms with Crippen LogP contribution in [-0.4, -0.2) is 40.8 Å². The molecule has 2 aromatic heterocycles. The molecule has 0 aliphatic carbocycles. The number of aromatic nitrogens is 3. The Kier molecular flexibility index (Phi) is 3.27. The second kappa shape index (κ2) is 5.14. The largest absolute Gasteiger partial charge is 0.339 e. The van der Waals surface area contributed by atoms with E-state index in [-0.39, 0.29) is 0 Å². The van der Waals surface area contributed by atoms with Crippen LogP contribution in [0.2, 0.25) is 5.02 Å². The van der Waals surface area contributed by atoms with Gasteiger partial charge in [-0.1, -0.05) is 11.6 Å². The third kappa shape index (κ3) is 2.49. The number of piperidine rings is 2. The molecule has 2 aliphatic heterocycles. The highest BCUT2D eigenvalue weighted by molar-refractivity contribution is 6.30. The first kappa shape index (κ1) is 13.3. The normalized spacial score (nSPS) is 26.6. The van der Waals surface area contributed by atoms with Crippen molar-refractivity contribution >= 4 is 23.2 Å². The molecule has 1 atom stereocenters. The fourth-order valence-corrected chi connectivity index (χ4v) is 3.89. The minimum Gasteiger partial charge on any atom is -0.339 e. The molecule has 2 fully saturated rings. The van der Waals surface area contributed by atoms with E-state index in [1.807, 2.05) is 18.3 Å². The zero-order valence-electron chi connectivity index (χ0n) is 12.1. The predicted octanol–water partition coefficient (Wildman–Crippen LogP) is 2.35. The molecule has 2 aliphatic rings. The Morgan fingerprint density at radius 1 is 1.24 bits per heavy atom. The van der Waals surface area contributed by atoms with Crippen LogP contribution in [0.4, 0.5) is 5.95 Å². The van der Waals surface area contributed by atoms with E-state index in [1.54, 1.807) is 4.52 Å². The average Bonchev–Trinajstić information content (AvgIpc) is 2.91. The van der Waals surface area contributed by atoms with Crippen LogP contribution < -0.4 is 10.2 Å². The molecule has 1 N–H and O–H groups in total. The molecular weight excluding hydrogens is 286 g/mol. The molecule has 4 heterocycles. The van der Waals surface area contributed by atoms with Crippen LogP contribution in [0, 0.1) is 5.41 Å². The van der Waals surface area contributed by atoms with Crippen LogP contribution in [0.25, 0.3) is 5.65 Å². The molecular formula is C15H20ClN5. The minimum absolute atomic E-state index is 0.408. The van der Waals surface area contributed by atoms with Gasteiger partial charge in [0.25, 0.3) is 0 Å². The maximum absolute atomic E-state index is 6.02. The number of hydrogen-bond acceptors (Lipinski definition) is 4. The van der Waals surface area contributed by atoms with Gasteiger partial charge in [-0.05, 0) is 44.4 Å². The Labute approximate surface area is 129 Å². The van der Waals surface area contributed by atoms with Gasteiger partial charge in [0.15, 0.2) is 5.65 Å². The molecule has 1 spiro atoms. The first-order valence-electron chi connectivity index (χ1n) is 7.72. The number of hydrogen-bond donors (Lipinski definition) is 1. The quantitative estimate of drug-likeness (QED) is 0.878. The van der Waals surface area contributed by atoms with Crippen molar-refractivity contribution in [3.63, 3.8) is 0 Å². The van der Waals surface area contributed by atoms with E-state index < -0.39 is 0 Å². The SMILES string of the molecule is Clc1ccc2nc(N3CCCC4(CCCNC4)C3)nn2c1. The second-order valence-electron chi connectivity index (χ2n) is 6.37. The van der Waals surface area contributed by atoms with Gasteiger partial charge >= 0.3 is 0 Å². The lowest BCUT2D eigenvalue weighted by molar-refractivity contribution is 0.172. The Hall–Kier alpha value is -1.33. The molecule has 0 radical (unpaired) electrons. The molecule has 1 unspecified atom stereocenters. The number of anilines is 1. The van der Waals surface area contributed by atoms with Crippen LogP contribution in [0.3, 0.4) is 0 Å². The number of halogens is 1. The first-order valence-corrected chi connectivity index (χ1v) is 8.10. The second-order valence-corrected chi connectivity index (χ2v) is 6.80. The van der Waals surface area contributed by atoms with E-state index in [0.717, 1.165) is 37.8 Å². The molecule has 0 saturated carbocycles. The number of rotatable bonds is 1. The van der Waals surface area contributed by atoms with Gasteiger partial charge < -0.3 is 10.2 Å². The molecule has 21 heavy (non-hydrogen) atoms. The topological polar surface area (TPSA) is 45.5 Å². The summed E-state index contributed by atoms with van der Waals surface area (Å²) in [6.45, 7) is 4.40. The van der Waals surface area contributed by atoms with Crippen molar-refractivity contribution in [1.29, 1.82) is 0 Å². The number of nitrogens with zero attached hydrogens (tertiary/aromatic N) is 4. The zero-order valence-corrected chi connectivity index (χ0v) is 12.8. The summed E-state index contributed by atoms with van der Waals surface area (Å²) in [6, 6.07) is 3.78. The molecule has 112 valence electrons. The Morgan fingerprint density at radius 3 is 3.00 bits per heavy atom. The van der Waals surface area contributed by atoms with E-state index in [9.17, 15) is 0 Å². The van der Waals surface area contributed by atoms with E-state index in [0.29, 0.717) is 10.4 Å². The minimum atomic E-state index is 0.408. The lowest BCUT2D eigenvalue weighted by atomic mass is 9.74. The molecule has 2 saturated heterocycles. The predicted molar refractivity (Wildman–Crippen MR) is 84.0 cm³/mol. The molecule has 6 heteroatoms. The van der Waals surface area contributed by atoms with Crippen LogP contribution in [0.5, 0.6) is 0 Å². The summed E-state index contributed by atoms with van der Waals surface area (Å²) < 4.78 is 1.78. The van der Waals surface area contributed by atoms with Crippen LogP contribution in [0.1, 0.15) is 25.7 Å². The summed E-state index contributed by atoms with van der Waals surface area (Å²) in [7, 11) is 0. The monoisotopic (exact) mass is 305 g/mol. The lowest BCUT2D eigenvalue weighted by Crippen LogP contribution is -2.51. The van der Waals surface area contributed by atoms with Gasteiger partial charge in [-0.15, -0.1) is 5.10 Å². The maximum atomic E-state index is 6.02. The Morgan fingerprint density at radius 2 is 2.14 bits per heavy atom. The molecule has 0 amide bonds. The average molecular weight is 306 g/mol. The summed E-state index contributed by atoms with van der Waals surface area (Å²) >= 11 is 6.02. The smallest absolute Gasteiger partial charge is 0.245 e. The number of nitrogens with one attached hydrogen (secondary N) is 1. The van der Waals surface area contributed by atoms with Crippen molar-refractivity contribution in [3.8, 4) is 0 Å². The third-order valence-electron chi connectivity index (χ3n) is 4.79. The van der Waals surface area contributed by atoms with Crippen molar-refractivity contribution in [2.75, 3.05) is 31.1 Å². The van der Waals surface area contributed by atoms with E-state index in [4.69, 9.17) is 11.6 Å². The molecule has 0 aromatic carbocycles. The van der Waals surface area contributed by atoms with Gasteiger partial charge in [0.05, 0.1) is 5.02 Å². The van der Waals surface area contributed by atoms with Crippen molar-refractivity contribution in [2.24, 2.45) is 5.41 Å². The standard InChI is InChI=1S/C15H20ClN5/c16-12-3-4-13-18-14(19-21(13)9-12)20-8-2-6-15(11-20)5-1-7-17-10-15/h3-4,9,17H,1-2,5-8,10-11H2. The highest BCUT2D eigenvalue weighted by Crippen LogP contribution is 2.36. The van der Waals surface area contributed by atoms with Gasteiger partial charge in [-0.2, -0.15) is 4.98 Å². The lowest BCUT2D eigenvalue weighted by Gasteiger charge is -2.45. The highest BCUT2D eigenvalue weighted by atomic mass is 35.5. The number of fused-ring (bicyclic) bond motifs is 1. The molecule has 0 bridgehead atoms. The van der Waals surface area contributed by atoms with Crippen molar-refractivity contribution in [3.05, 3.63) is 23.4 Å². The van der Waals surface area contributed by atoms with E-state index >= 15 is 0 Å². The molecule has 5 nitrogen and oxygen atoms in total. The van der Waals surface area contributed by atoms with Crippen LogP contribution in [0.15, 0.2) is 18.3 Å². The first-order chi connectivity index (χ1) is 10.2. The van der Waals surface area contributed by atoms with Crippen LogP contribution in [-0.2, 0) is 0 Å². The van der Waals surface area contributed by atoms with E-state index in [2.05, 4.69) is 20.3 Å².